The fourth-order valence-corrected chi connectivity index (χ4v) is 6.03. The van der Waals surface area contributed by atoms with Gasteiger partial charge in [0, 0.05) is 6.54 Å². The molecule has 7 nitrogen and oxygen atoms in total. The van der Waals surface area contributed by atoms with Crippen LogP contribution in [0.15, 0.2) is 48.5 Å². The van der Waals surface area contributed by atoms with E-state index in [-0.39, 0.29) is 20.2 Å². The lowest BCUT2D eigenvalue weighted by atomic mass is 10.2. The van der Waals surface area contributed by atoms with Gasteiger partial charge in [-0.15, -0.1) is 26.3 Å². The van der Waals surface area contributed by atoms with Gasteiger partial charge < -0.3 is 0 Å². The van der Waals surface area contributed by atoms with Crippen LogP contribution in [-0.2, 0) is 27.3 Å². The summed E-state index contributed by atoms with van der Waals surface area (Å²) in [6.45, 7) is -0.398. The third-order valence-corrected chi connectivity index (χ3v) is 7.65. The Bertz CT molecular complexity index is 1410. The van der Waals surface area contributed by atoms with Gasteiger partial charge in [0.2, 0.25) is 4.87 Å². The smallest absolute Gasteiger partial charge is 0.285 e. The minimum Gasteiger partial charge on any atom is -0.285 e. The minimum atomic E-state index is -5.19. The molecule has 0 unspecified atom stereocenters. The molecule has 0 spiro atoms. The fourth-order valence-electron chi connectivity index (χ4n) is 4.20. The van der Waals surface area contributed by atoms with Gasteiger partial charge >= 0.3 is 12.6 Å². The number of hydrogen-bond acceptors (Lipinski definition) is 5. The minimum absolute atomic E-state index is 0.234. The number of nitrogens with one attached hydrogen (secondary N) is 1. The molecule has 2 aromatic heterocycles. The SMILES string of the molecule is O=S1(=O)CCNC1(c1nc2ccccc2n1C(F)(F)F)c1nc2ccccc2n1C(F)(F)F. The van der Waals surface area contributed by atoms with Gasteiger partial charge in [-0.3, -0.25) is 5.32 Å². The van der Waals surface area contributed by atoms with Crippen LogP contribution in [0.4, 0.5) is 26.3 Å². The van der Waals surface area contributed by atoms with Crippen molar-refractivity contribution in [1.29, 1.82) is 0 Å². The van der Waals surface area contributed by atoms with Crippen molar-refractivity contribution in [3.63, 3.8) is 0 Å². The molecule has 5 rings (SSSR count). The summed E-state index contributed by atoms with van der Waals surface area (Å²) in [5.74, 6) is -3.03. The molecule has 0 amide bonds. The van der Waals surface area contributed by atoms with E-state index in [1.165, 1.54) is 36.4 Å². The topological polar surface area (TPSA) is 81.8 Å². The first kappa shape index (κ1) is 21.7. The number of rotatable bonds is 2. The monoisotopic (exact) mass is 489 g/mol. The summed E-state index contributed by atoms with van der Waals surface area (Å²) in [4.78, 5) is 4.75. The molecule has 2 aromatic carbocycles. The van der Waals surface area contributed by atoms with Crippen molar-refractivity contribution in [2.24, 2.45) is 0 Å². The van der Waals surface area contributed by atoms with Gasteiger partial charge in [-0.2, -0.15) is 0 Å². The van der Waals surface area contributed by atoms with E-state index < -0.39 is 62.3 Å². The number of sulfone groups is 1. The van der Waals surface area contributed by atoms with Crippen LogP contribution in [0.3, 0.4) is 0 Å². The van der Waals surface area contributed by atoms with Crippen molar-refractivity contribution in [2.45, 2.75) is 17.5 Å². The van der Waals surface area contributed by atoms with Gasteiger partial charge in [-0.05, 0) is 24.3 Å². The van der Waals surface area contributed by atoms with Crippen molar-refractivity contribution < 1.29 is 34.8 Å². The number of benzene rings is 2. The van der Waals surface area contributed by atoms with E-state index in [1.54, 1.807) is 0 Å². The lowest BCUT2D eigenvalue weighted by molar-refractivity contribution is -0.205. The number of fused-ring (bicyclic) bond motifs is 2. The predicted octanol–water partition coefficient (Wildman–Crippen LogP) is 3.56. The van der Waals surface area contributed by atoms with Crippen LogP contribution < -0.4 is 5.32 Å². The Morgan fingerprint density at radius 1 is 0.788 bits per heavy atom. The molecule has 1 N–H and O–H groups in total. The van der Waals surface area contributed by atoms with E-state index in [9.17, 15) is 34.8 Å². The molecule has 174 valence electrons. The Morgan fingerprint density at radius 2 is 1.21 bits per heavy atom. The molecule has 0 bridgehead atoms. The van der Waals surface area contributed by atoms with Crippen LogP contribution in [-0.4, -0.2) is 39.8 Å². The first-order chi connectivity index (χ1) is 15.4. The zero-order valence-corrected chi connectivity index (χ0v) is 17.1. The van der Waals surface area contributed by atoms with Crippen molar-refractivity contribution in [2.75, 3.05) is 12.3 Å². The highest BCUT2D eigenvalue weighted by molar-refractivity contribution is 7.92. The number of nitrogens with zero attached hydrogens (tertiary/aromatic N) is 4. The van der Waals surface area contributed by atoms with E-state index in [2.05, 4.69) is 15.3 Å². The maximum atomic E-state index is 14.2. The van der Waals surface area contributed by atoms with Crippen LogP contribution in [0.25, 0.3) is 22.1 Å². The Balaban J connectivity index is 1.99. The van der Waals surface area contributed by atoms with E-state index in [1.807, 2.05) is 0 Å². The van der Waals surface area contributed by atoms with Gasteiger partial charge in [-0.1, -0.05) is 24.3 Å². The average molecular weight is 489 g/mol. The third-order valence-electron chi connectivity index (χ3n) is 5.47. The van der Waals surface area contributed by atoms with Gasteiger partial charge in [0.05, 0.1) is 27.8 Å². The molecule has 14 heteroatoms. The van der Waals surface area contributed by atoms with Crippen molar-refractivity contribution >= 4 is 31.9 Å². The van der Waals surface area contributed by atoms with Gasteiger partial charge in [0.15, 0.2) is 21.5 Å². The molecule has 33 heavy (non-hydrogen) atoms. The van der Waals surface area contributed by atoms with Crippen LogP contribution in [0.5, 0.6) is 0 Å². The first-order valence-electron chi connectivity index (χ1n) is 9.45. The highest BCUT2D eigenvalue weighted by atomic mass is 32.2. The average Bonchev–Trinajstić information content (AvgIpc) is 3.37. The van der Waals surface area contributed by atoms with Crippen molar-refractivity contribution in [3.8, 4) is 0 Å². The Hall–Kier alpha value is -3.13. The lowest BCUT2D eigenvalue weighted by Crippen LogP contribution is -2.49. The first-order valence-corrected chi connectivity index (χ1v) is 11.1. The van der Waals surface area contributed by atoms with Crippen molar-refractivity contribution in [1.82, 2.24) is 24.4 Å². The predicted molar refractivity (Wildman–Crippen MR) is 105 cm³/mol. The molecule has 4 aromatic rings. The van der Waals surface area contributed by atoms with Gasteiger partial charge in [0.1, 0.15) is 0 Å². The molecule has 0 saturated carbocycles. The van der Waals surface area contributed by atoms with Crippen LogP contribution in [0.2, 0.25) is 0 Å². The maximum Gasteiger partial charge on any atom is 0.490 e. The summed E-state index contributed by atoms with van der Waals surface area (Å²) in [5, 5.41) is 2.39. The van der Waals surface area contributed by atoms with Crippen LogP contribution in [0, 0.1) is 0 Å². The molecule has 3 heterocycles. The second-order valence-electron chi connectivity index (χ2n) is 7.38. The Labute approximate surface area is 181 Å². The normalized spacial score (nSPS) is 18.4. The van der Waals surface area contributed by atoms with E-state index >= 15 is 0 Å². The Morgan fingerprint density at radius 3 is 1.58 bits per heavy atom. The standard InChI is InChI=1S/C19H13F6N5O2S/c20-18(21,22)29-13-7-3-1-5-11(13)27-15(29)17(26-9-10-33(17,31)32)16-28-12-6-2-4-8-14(12)30(16)19(23,24)25/h1-8,26H,9-10H2. The largest absolute Gasteiger partial charge is 0.490 e. The summed E-state index contributed by atoms with van der Waals surface area (Å²) in [6.07, 6.45) is -10.4. The number of alkyl halides is 6. The molecular formula is C19H13F6N5O2S. The number of aromatic nitrogens is 4. The van der Waals surface area contributed by atoms with Gasteiger partial charge in [-0.25, -0.2) is 27.5 Å². The van der Waals surface area contributed by atoms with Crippen LogP contribution >= 0.6 is 0 Å². The van der Waals surface area contributed by atoms with Crippen LogP contribution in [0.1, 0.15) is 11.6 Å². The highest BCUT2D eigenvalue weighted by Crippen LogP contribution is 2.45. The lowest BCUT2D eigenvalue weighted by Gasteiger charge is -2.29. The van der Waals surface area contributed by atoms with E-state index in [4.69, 9.17) is 0 Å². The highest BCUT2D eigenvalue weighted by Gasteiger charge is 2.61. The summed E-state index contributed by atoms with van der Waals surface area (Å²) < 4.78 is 111. The van der Waals surface area contributed by atoms with E-state index in [0.29, 0.717) is 0 Å². The summed E-state index contributed by atoms with van der Waals surface area (Å²) in [5.41, 5.74) is -1.47. The number of para-hydroxylation sites is 4. The molecule has 0 aliphatic carbocycles. The quantitative estimate of drug-likeness (QED) is 0.436. The molecular weight excluding hydrogens is 476 g/mol. The zero-order valence-electron chi connectivity index (χ0n) is 16.3. The van der Waals surface area contributed by atoms with Gasteiger partial charge in [0.25, 0.3) is 0 Å². The summed E-state index contributed by atoms with van der Waals surface area (Å²) >= 11 is 0. The molecule has 0 radical (unpaired) electrons. The zero-order chi connectivity index (χ0) is 23.8. The molecule has 1 aliphatic heterocycles. The molecule has 1 aliphatic rings. The number of halogens is 6. The summed E-state index contributed by atoms with van der Waals surface area (Å²) in [7, 11) is -4.69. The second-order valence-corrected chi connectivity index (χ2v) is 9.63. The summed E-state index contributed by atoms with van der Waals surface area (Å²) in [6, 6.07) is 9.87. The fraction of sp³-hybridized carbons (Fsp3) is 0.263. The number of hydrogen-bond donors (Lipinski definition) is 1. The second kappa shape index (κ2) is 6.70. The third kappa shape index (κ3) is 2.96. The molecule has 1 saturated heterocycles. The number of imidazole rings is 2. The molecule has 0 atom stereocenters. The Kier molecular flexibility index (Phi) is 4.40. The van der Waals surface area contributed by atoms with E-state index in [0.717, 1.165) is 12.1 Å². The van der Waals surface area contributed by atoms with Crippen molar-refractivity contribution in [3.05, 3.63) is 60.2 Å². The molecule has 1 fully saturated rings. The maximum absolute atomic E-state index is 14.2.